The first kappa shape index (κ1) is 11.8. The summed E-state index contributed by atoms with van der Waals surface area (Å²) in [5.41, 5.74) is 0. The number of thiophene rings is 1. The number of hydrogen-bond acceptors (Lipinski definition) is 4. The third kappa shape index (κ3) is 2.20. The van der Waals surface area contributed by atoms with Gasteiger partial charge in [0.1, 0.15) is 22.9 Å². The molecule has 0 bridgehead atoms. The molecule has 0 spiro atoms. The average Bonchev–Trinajstić information content (AvgIpc) is 2.58. The van der Waals surface area contributed by atoms with Crippen molar-refractivity contribution in [2.45, 2.75) is 0 Å². The van der Waals surface area contributed by atoms with Crippen LogP contribution in [0.25, 0.3) is 10.2 Å². The van der Waals surface area contributed by atoms with E-state index in [0.29, 0.717) is 11.8 Å². The first-order chi connectivity index (χ1) is 7.74. The molecule has 0 unspecified atom stereocenters. The summed E-state index contributed by atoms with van der Waals surface area (Å²) in [4.78, 5) is 9.79. The molecule has 82 valence electrons. The van der Waals surface area contributed by atoms with Crippen LogP contribution < -0.4 is 0 Å². The van der Waals surface area contributed by atoms with Crippen molar-refractivity contribution in [2.24, 2.45) is 0 Å². The van der Waals surface area contributed by atoms with Gasteiger partial charge in [-0.3, -0.25) is 0 Å². The number of hydrogen-bond donors (Lipinski definition) is 0. The molecule has 0 amide bonds. The van der Waals surface area contributed by atoms with E-state index in [4.69, 9.17) is 16.3 Å². The Morgan fingerprint density at radius 2 is 2.38 bits per heavy atom. The van der Waals surface area contributed by atoms with Crippen LogP contribution in [0.4, 0.5) is 0 Å². The van der Waals surface area contributed by atoms with Gasteiger partial charge in [0.05, 0.1) is 14.7 Å². The Morgan fingerprint density at radius 1 is 1.56 bits per heavy atom. The molecule has 0 saturated heterocycles. The zero-order chi connectivity index (χ0) is 11.5. The molecule has 0 atom stereocenters. The third-order valence-electron chi connectivity index (χ3n) is 1.80. The van der Waals surface area contributed by atoms with E-state index in [1.54, 1.807) is 7.11 Å². The summed E-state index contributed by atoms with van der Waals surface area (Å²) in [6.45, 7) is 0.403. The number of nitrogens with zero attached hydrogens (tertiary/aromatic N) is 2. The van der Waals surface area contributed by atoms with Crippen molar-refractivity contribution in [1.82, 2.24) is 9.97 Å². The van der Waals surface area contributed by atoms with Crippen molar-refractivity contribution < 1.29 is 4.74 Å². The van der Waals surface area contributed by atoms with Gasteiger partial charge in [-0.05, 0) is 15.9 Å². The highest BCUT2D eigenvalue weighted by Gasteiger charge is 2.12. The predicted octanol–water partition coefficient (Wildman–Crippen LogP) is 3.11. The van der Waals surface area contributed by atoms with E-state index in [0.717, 1.165) is 19.6 Å². The highest BCUT2D eigenvalue weighted by Crippen LogP contribution is 2.36. The first-order valence-electron chi connectivity index (χ1n) is 4.30. The predicted molar refractivity (Wildman–Crippen MR) is 68.9 cm³/mol. The van der Waals surface area contributed by atoms with Crippen LogP contribution in [0.5, 0.6) is 0 Å². The van der Waals surface area contributed by atoms with Gasteiger partial charge >= 0.3 is 0 Å². The zero-order valence-corrected chi connectivity index (χ0v) is 11.4. The summed E-state index contributed by atoms with van der Waals surface area (Å²) in [7, 11) is 1.61. The van der Waals surface area contributed by atoms with Gasteiger partial charge in [0.2, 0.25) is 0 Å². The smallest absolute Gasteiger partial charge is 0.142 e. The monoisotopic (exact) mass is 316 g/mol. The largest absolute Gasteiger partial charge is 0.372 e. The second-order valence-electron chi connectivity index (χ2n) is 2.82. The number of halogens is 2. The lowest BCUT2D eigenvalue weighted by Gasteiger charge is -1.91. The van der Waals surface area contributed by atoms with Crippen molar-refractivity contribution in [1.29, 1.82) is 0 Å². The van der Waals surface area contributed by atoms with Crippen LogP contribution in [0.3, 0.4) is 0 Å². The van der Waals surface area contributed by atoms with Crippen LogP contribution in [-0.4, -0.2) is 23.7 Å². The summed E-state index contributed by atoms with van der Waals surface area (Å²) in [6, 6.07) is 0. The Balaban J connectivity index is 2.54. The minimum Gasteiger partial charge on any atom is -0.372 e. The number of ether oxygens (including phenoxy) is 1. The average molecular weight is 318 g/mol. The molecule has 2 heterocycles. The van der Waals surface area contributed by atoms with Crippen molar-refractivity contribution in [2.75, 3.05) is 13.7 Å². The maximum Gasteiger partial charge on any atom is 0.142 e. The molecule has 0 radical (unpaired) electrons. The number of aromatic nitrogens is 2. The highest BCUT2D eigenvalue weighted by atomic mass is 79.9. The molecule has 0 saturated carbocycles. The summed E-state index contributed by atoms with van der Waals surface area (Å²) in [6.07, 6.45) is 1.44. The Hall–Kier alpha value is -0.670. The summed E-state index contributed by atoms with van der Waals surface area (Å²) < 4.78 is 5.71. The summed E-state index contributed by atoms with van der Waals surface area (Å²) in [5.74, 6) is 5.89. The van der Waals surface area contributed by atoms with E-state index in [1.165, 1.54) is 17.7 Å². The Bertz CT molecular complexity index is 587. The molecule has 16 heavy (non-hydrogen) atoms. The van der Waals surface area contributed by atoms with Gasteiger partial charge in [-0.2, -0.15) is 0 Å². The first-order valence-corrected chi connectivity index (χ1v) is 6.29. The molecule has 2 aromatic rings. The second-order valence-corrected chi connectivity index (χ2v) is 4.97. The minimum absolute atomic E-state index is 0.403. The molecule has 0 aliphatic carbocycles. The lowest BCUT2D eigenvalue weighted by Crippen LogP contribution is -1.81. The molecule has 0 N–H and O–H groups in total. The standard InChI is InChI=1S/C10H6BrClN2OS/c1-15-4-2-3-6-8(11)7-9(12)13-5-14-10(7)16-6/h5H,4H2,1H3. The minimum atomic E-state index is 0.403. The van der Waals surface area contributed by atoms with E-state index >= 15 is 0 Å². The fraction of sp³-hybridized carbons (Fsp3) is 0.200. The van der Waals surface area contributed by atoms with Gasteiger partial charge in [-0.15, -0.1) is 11.3 Å². The summed E-state index contributed by atoms with van der Waals surface area (Å²) in [5, 5.41) is 1.25. The molecule has 0 aliphatic heterocycles. The van der Waals surface area contributed by atoms with Gasteiger partial charge in [0.15, 0.2) is 0 Å². The Morgan fingerprint density at radius 3 is 3.06 bits per heavy atom. The second kappa shape index (κ2) is 5.11. The van der Waals surface area contributed by atoms with Crippen molar-refractivity contribution in [3.63, 3.8) is 0 Å². The molecule has 0 aromatic carbocycles. The molecule has 6 heteroatoms. The van der Waals surface area contributed by atoms with Crippen LogP contribution in [0.15, 0.2) is 10.8 Å². The fourth-order valence-corrected chi connectivity index (χ4v) is 3.29. The number of methoxy groups -OCH3 is 1. The molecule has 0 aliphatic rings. The molecular weight excluding hydrogens is 312 g/mol. The van der Waals surface area contributed by atoms with Crippen LogP contribution in [0.2, 0.25) is 5.15 Å². The van der Waals surface area contributed by atoms with Crippen LogP contribution >= 0.6 is 38.9 Å². The van der Waals surface area contributed by atoms with Gasteiger partial charge in [0.25, 0.3) is 0 Å². The SMILES string of the molecule is COCC#Cc1sc2ncnc(Cl)c2c1Br. The van der Waals surface area contributed by atoms with E-state index in [2.05, 4.69) is 37.7 Å². The normalized spacial score (nSPS) is 10.2. The maximum absolute atomic E-state index is 5.99. The van der Waals surface area contributed by atoms with Crippen LogP contribution in [-0.2, 0) is 4.74 Å². The highest BCUT2D eigenvalue weighted by molar-refractivity contribution is 9.10. The molecular formula is C10H6BrClN2OS. The molecule has 2 aromatic heterocycles. The molecule has 0 fully saturated rings. The van der Waals surface area contributed by atoms with E-state index in [-0.39, 0.29) is 0 Å². The Labute approximate surface area is 110 Å². The quantitative estimate of drug-likeness (QED) is 0.599. The van der Waals surface area contributed by atoms with Crippen molar-refractivity contribution in [3.05, 3.63) is 20.8 Å². The summed E-state index contributed by atoms with van der Waals surface area (Å²) >= 11 is 10.9. The Kier molecular flexibility index (Phi) is 3.77. The maximum atomic E-state index is 5.99. The fourth-order valence-electron chi connectivity index (χ4n) is 1.14. The van der Waals surface area contributed by atoms with Crippen molar-refractivity contribution >= 4 is 49.1 Å². The van der Waals surface area contributed by atoms with E-state index in [9.17, 15) is 0 Å². The van der Waals surface area contributed by atoms with E-state index in [1.807, 2.05) is 0 Å². The topological polar surface area (TPSA) is 35.0 Å². The lowest BCUT2D eigenvalue weighted by molar-refractivity contribution is 0.240. The third-order valence-corrected chi connectivity index (χ3v) is 4.16. The molecule has 2 rings (SSSR count). The van der Waals surface area contributed by atoms with Crippen LogP contribution in [0, 0.1) is 11.8 Å². The van der Waals surface area contributed by atoms with Crippen LogP contribution in [0.1, 0.15) is 4.88 Å². The van der Waals surface area contributed by atoms with Gasteiger partial charge in [-0.1, -0.05) is 23.4 Å². The van der Waals surface area contributed by atoms with Gasteiger partial charge in [0, 0.05) is 7.11 Å². The van der Waals surface area contributed by atoms with E-state index < -0.39 is 0 Å². The number of rotatable bonds is 1. The van der Waals surface area contributed by atoms with Gasteiger partial charge < -0.3 is 4.74 Å². The van der Waals surface area contributed by atoms with Crippen molar-refractivity contribution in [3.8, 4) is 11.8 Å². The number of fused-ring (bicyclic) bond motifs is 1. The van der Waals surface area contributed by atoms with Gasteiger partial charge in [-0.25, -0.2) is 9.97 Å². The zero-order valence-electron chi connectivity index (χ0n) is 8.25. The lowest BCUT2D eigenvalue weighted by atomic mass is 10.3. The molecule has 3 nitrogen and oxygen atoms in total.